The summed E-state index contributed by atoms with van der Waals surface area (Å²) in [6.07, 6.45) is 3.37. The molecule has 4 heteroatoms. The molecular formula is C12H22N2O2. The van der Waals surface area contributed by atoms with E-state index in [0.29, 0.717) is 11.9 Å². The zero-order chi connectivity index (χ0) is 11.5. The highest BCUT2D eigenvalue weighted by Crippen LogP contribution is 2.20. The first-order chi connectivity index (χ1) is 7.70. The third-order valence-corrected chi connectivity index (χ3v) is 3.80. The molecule has 0 aromatic heterocycles. The van der Waals surface area contributed by atoms with Gasteiger partial charge in [0, 0.05) is 32.8 Å². The van der Waals surface area contributed by atoms with Crippen LogP contribution in [-0.4, -0.2) is 49.7 Å². The number of carbonyl (C=O) groups is 1. The minimum absolute atomic E-state index is 0.187. The van der Waals surface area contributed by atoms with Gasteiger partial charge in [-0.25, -0.2) is 0 Å². The van der Waals surface area contributed by atoms with Crippen LogP contribution in [0.5, 0.6) is 0 Å². The van der Waals surface area contributed by atoms with E-state index in [1.807, 2.05) is 4.90 Å². The lowest BCUT2D eigenvalue weighted by molar-refractivity contribution is -0.135. The van der Waals surface area contributed by atoms with E-state index in [9.17, 15) is 4.79 Å². The number of methoxy groups -OCH3 is 1. The molecule has 0 radical (unpaired) electrons. The van der Waals surface area contributed by atoms with Gasteiger partial charge >= 0.3 is 0 Å². The van der Waals surface area contributed by atoms with Crippen LogP contribution in [0.2, 0.25) is 0 Å². The lowest BCUT2D eigenvalue weighted by atomic mass is 9.94. The Balaban J connectivity index is 1.83. The Morgan fingerprint density at radius 2 is 2.19 bits per heavy atom. The SMILES string of the molecule is COC1CCN(C(=O)C2CCC(C)NC2)C1. The maximum Gasteiger partial charge on any atom is 0.227 e. The maximum absolute atomic E-state index is 12.2. The van der Waals surface area contributed by atoms with Gasteiger partial charge in [0.2, 0.25) is 5.91 Å². The van der Waals surface area contributed by atoms with E-state index in [-0.39, 0.29) is 12.0 Å². The molecular weight excluding hydrogens is 204 g/mol. The standard InChI is InChI=1S/C12H22N2O2/c1-9-3-4-10(7-13-9)12(15)14-6-5-11(8-14)16-2/h9-11,13H,3-8H2,1-2H3. The number of carbonyl (C=O) groups excluding carboxylic acids is 1. The number of ether oxygens (including phenoxy) is 1. The van der Waals surface area contributed by atoms with Crippen LogP contribution < -0.4 is 5.32 Å². The van der Waals surface area contributed by atoms with Gasteiger partial charge in [-0.3, -0.25) is 4.79 Å². The first-order valence-electron chi connectivity index (χ1n) is 6.25. The van der Waals surface area contributed by atoms with Gasteiger partial charge in [-0.1, -0.05) is 0 Å². The average Bonchev–Trinajstić information content (AvgIpc) is 2.77. The summed E-state index contributed by atoms with van der Waals surface area (Å²) < 4.78 is 5.29. The Kier molecular flexibility index (Phi) is 3.82. The molecule has 4 nitrogen and oxygen atoms in total. The number of hydrogen-bond acceptors (Lipinski definition) is 3. The molecule has 2 rings (SSSR count). The van der Waals surface area contributed by atoms with Crippen molar-refractivity contribution in [3.05, 3.63) is 0 Å². The molecule has 0 aromatic rings. The van der Waals surface area contributed by atoms with Crippen LogP contribution in [0.1, 0.15) is 26.2 Å². The number of likely N-dealkylation sites (tertiary alicyclic amines) is 1. The van der Waals surface area contributed by atoms with Gasteiger partial charge in [0.25, 0.3) is 0 Å². The minimum atomic E-state index is 0.187. The van der Waals surface area contributed by atoms with Crippen molar-refractivity contribution in [2.75, 3.05) is 26.7 Å². The van der Waals surface area contributed by atoms with Crippen LogP contribution in [0.15, 0.2) is 0 Å². The lowest BCUT2D eigenvalue weighted by Crippen LogP contribution is -2.45. The molecule has 0 aliphatic carbocycles. The lowest BCUT2D eigenvalue weighted by Gasteiger charge is -2.29. The molecule has 2 heterocycles. The summed E-state index contributed by atoms with van der Waals surface area (Å²) in [5.41, 5.74) is 0. The molecule has 2 fully saturated rings. The summed E-state index contributed by atoms with van der Waals surface area (Å²) in [5, 5.41) is 3.38. The fourth-order valence-corrected chi connectivity index (χ4v) is 2.59. The van der Waals surface area contributed by atoms with Crippen molar-refractivity contribution >= 4 is 5.91 Å². The third kappa shape index (κ3) is 2.55. The number of nitrogens with one attached hydrogen (secondary N) is 1. The predicted molar refractivity (Wildman–Crippen MR) is 62.2 cm³/mol. The van der Waals surface area contributed by atoms with Gasteiger partial charge in [0.15, 0.2) is 0 Å². The summed E-state index contributed by atoms with van der Waals surface area (Å²) in [6, 6.07) is 0.564. The number of rotatable bonds is 2. The van der Waals surface area contributed by atoms with Gasteiger partial charge in [-0.15, -0.1) is 0 Å². The Labute approximate surface area is 97.3 Å². The highest BCUT2D eigenvalue weighted by atomic mass is 16.5. The third-order valence-electron chi connectivity index (χ3n) is 3.80. The highest BCUT2D eigenvalue weighted by Gasteiger charge is 2.32. The van der Waals surface area contributed by atoms with E-state index in [1.165, 1.54) is 0 Å². The Bertz CT molecular complexity index is 245. The summed E-state index contributed by atoms with van der Waals surface area (Å²) in [7, 11) is 1.72. The first-order valence-corrected chi connectivity index (χ1v) is 6.25. The largest absolute Gasteiger partial charge is 0.380 e. The summed E-state index contributed by atoms with van der Waals surface area (Å²) in [5.74, 6) is 0.505. The number of piperidine rings is 1. The molecule has 2 aliphatic heterocycles. The Hall–Kier alpha value is -0.610. The Morgan fingerprint density at radius 3 is 2.75 bits per heavy atom. The highest BCUT2D eigenvalue weighted by molar-refractivity contribution is 5.79. The second-order valence-corrected chi connectivity index (χ2v) is 5.01. The molecule has 2 saturated heterocycles. The van der Waals surface area contributed by atoms with Crippen molar-refractivity contribution in [2.24, 2.45) is 5.92 Å². The molecule has 3 atom stereocenters. The molecule has 3 unspecified atom stereocenters. The van der Waals surface area contributed by atoms with Crippen molar-refractivity contribution in [1.29, 1.82) is 0 Å². The van der Waals surface area contributed by atoms with Gasteiger partial charge in [-0.05, 0) is 26.2 Å². The number of amides is 1. The van der Waals surface area contributed by atoms with E-state index in [1.54, 1.807) is 7.11 Å². The minimum Gasteiger partial charge on any atom is -0.380 e. The molecule has 0 spiro atoms. The van der Waals surface area contributed by atoms with Crippen molar-refractivity contribution in [3.8, 4) is 0 Å². The summed E-state index contributed by atoms with van der Waals surface area (Å²) in [4.78, 5) is 14.2. The zero-order valence-electron chi connectivity index (χ0n) is 10.2. The fourth-order valence-electron chi connectivity index (χ4n) is 2.59. The molecule has 92 valence electrons. The summed E-state index contributed by atoms with van der Waals surface area (Å²) >= 11 is 0. The van der Waals surface area contributed by atoms with Gasteiger partial charge in [0.05, 0.1) is 12.0 Å². The number of nitrogens with zero attached hydrogens (tertiary/aromatic N) is 1. The van der Waals surface area contributed by atoms with Crippen molar-refractivity contribution < 1.29 is 9.53 Å². The van der Waals surface area contributed by atoms with E-state index in [4.69, 9.17) is 4.74 Å². The normalized spacial score (nSPS) is 35.4. The fraction of sp³-hybridized carbons (Fsp3) is 0.917. The van der Waals surface area contributed by atoms with Gasteiger partial charge < -0.3 is 15.0 Å². The average molecular weight is 226 g/mol. The van der Waals surface area contributed by atoms with Crippen molar-refractivity contribution in [3.63, 3.8) is 0 Å². The van der Waals surface area contributed by atoms with Crippen LogP contribution >= 0.6 is 0 Å². The number of hydrogen-bond donors (Lipinski definition) is 1. The van der Waals surface area contributed by atoms with Crippen LogP contribution in [0.4, 0.5) is 0 Å². The smallest absolute Gasteiger partial charge is 0.227 e. The second-order valence-electron chi connectivity index (χ2n) is 5.01. The molecule has 1 amide bonds. The molecule has 0 bridgehead atoms. The Morgan fingerprint density at radius 1 is 1.38 bits per heavy atom. The van der Waals surface area contributed by atoms with E-state index in [0.717, 1.165) is 38.9 Å². The summed E-state index contributed by atoms with van der Waals surface area (Å²) in [6.45, 7) is 4.66. The van der Waals surface area contributed by atoms with Crippen molar-refractivity contribution in [2.45, 2.75) is 38.3 Å². The van der Waals surface area contributed by atoms with E-state index in [2.05, 4.69) is 12.2 Å². The molecule has 16 heavy (non-hydrogen) atoms. The quantitative estimate of drug-likeness (QED) is 0.750. The van der Waals surface area contributed by atoms with E-state index < -0.39 is 0 Å². The van der Waals surface area contributed by atoms with Crippen LogP contribution in [-0.2, 0) is 9.53 Å². The van der Waals surface area contributed by atoms with Gasteiger partial charge in [-0.2, -0.15) is 0 Å². The predicted octanol–water partition coefficient (Wildman–Crippen LogP) is 0.622. The molecule has 0 aromatic carbocycles. The van der Waals surface area contributed by atoms with Crippen molar-refractivity contribution in [1.82, 2.24) is 10.2 Å². The molecule has 2 aliphatic rings. The van der Waals surface area contributed by atoms with Gasteiger partial charge in [0.1, 0.15) is 0 Å². The second kappa shape index (κ2) is 5.15. The topological polar surface area (TPSA) is 41.6 Å². The molecule has 1 N–H and O–H groups in total. The molecule has 0 saturated carbocycles. The zero-order valence-corrected chi connectivity index (χ0v) is 10.2. The maximum atomic E-state index is 12.2. The first kappa shape index (κ1) is 11.9. The monoisotopic (exact) mass is 226 g/mol. The van der Waals surface area contributed by atoms with E-state index >= 15 is 0 Å². The van der Waals surface area contributed by atoms with Crippen LogP contribution in [0, 0.1) is 5.92 Å². The van der Waals surface area contributed by atoms with Crippen LogP contribution in [0.3, 0.4) is 0 Å². The van der Waals surface area contributed by atoms with Crippen LogP contribution in [0.25, 0.3) is 0 Å².